The van der Waals surface area contributed by atoms with Crippen LogP contribution in [-0.2, 0) is 11.0 Å². The van der Waals surface area contributed by atoms with Gasteiger partial charge in [0, 0.05) is 18.2 Å². The quantitative estimate of drug-likeness (QED) is 0.594. The molecule has 2 aromatic rings. The molecule has 0 radical (unpaired) electrons. The fraction of sp³-hybridized carbons (Fsp3) is 0.400. The zero-order valence-corrected chi connectivity index (χ0v) is 17.7. The van der Waals surface area contributed by atoms with Crippen molar-refractivity contribution in [1.29, 1.82) is 0 Å². The van der Waals surface area contributed by atoms with Crippen LogP contribution in [0, 0.1) is 5.92 Å². The summed E-state index contributed by atoms with van der Waals surface area (Å²) in [4.78, 5) is 15.5. The van der Waals surface area contributed by atoms with Crippen molar-refractivity contribution in [2.45, 2.75) is 31.9 Å². The lowest BCUT2D eigenvalue weighted by molar-refractivity contribution is -0.141. The van der Waals surface area contributed by atoms with E-state index >= 15 is 0 Å². The summed E-state index contributed by atoms with van der Waals surface area (Å²) in [6, 6.07) is 9.91. The first-order valence-corrected chi connectivity index (χ1v) is 9.23. The molecule has 0 saturated carbocycles. The Morgan fingerprint density at radius 3 is 2.40 bits per heavy atom. The summed E-state index contributed by atoms with van der Waals surface area (Å²) in [5.41, 5.74) is -0.401. The summed E-state index contributed by atoms with van der Waals surface area (Å²) in [7, 11) is 0. The molecular formula is C20H24Cl2F3N3O2. The number of aromatic nitrogens is 1. The number of anilines is 1. The molecule has 1 aliphatic heterocycles. The standard InChI is InChI=1S/C20H22F3N3O2.2ClH/c21-20(22,23)17-2-1-3-19(26-17)28-16-7-5-15(6-8-16)25-18(27)9-4-14-10-12-24-13-11-14;;/h1-3,5-8,14,24H,4,9-13H2,(H,25,27);2*1H. The predicted octanol–water partition coefficient (Wildman–Crippen LogP) is 5.45. The van der Waals surface area contributed by atoms with Gasteiger partial charge in [-0.15, -0.1) is 24.8 Å². The largest absolute Gasteiger partial charge is 0.439 e. The number of piperidine rings is 1. The highest BCUT2D eigenvalue weighted by Gasteiger charge is 2.32. The van der Waals surface area contributed by atoms with Gasteiger partial charge in [0.15, 0.2) is 0 Å². The molecular weight excluding hydrogens is 442 g/mol. The third kappa shape index (κ3) is 8.01. The number of hydrogen-bond donors (Lipinski definition) is 2. The van der Waals surface area contributed by atoms with Crippen molar-refractivity contribution in [3.8, 4) is 11.6 Å². The molecule has 1 aromatic carbocycles. The minimum Gasteiger partial charge on any atom is -0.439 e. The second-order valence-electron chi connectivity index (χ2n) is 6.77. The second kappa shape index (κ2) is 12.0. The Labute approximate surface area is 185 Å². The number of nitrogens with one attached hydrogen (secondary N) is 2. The summed E-state index contributed by atoms with van der Waals surface area (Å²) < 4.78 is 43.5. The number of ether oxygens (including phenoxy) is 1. The summed E-state index contributed by atoms with van der Waals surface area (Å²) in [5.74, 6) is 0.725. The maximum atomic E-state index is 12.7. The van der Waals surface area contributed by atoms with Crippen molar-refractivity contribution in [1.82, 2.24) is 10.3 Å². The topological polar surface area (TPSA) is 63.2 Å². The van der Waals surface area contributed by atoms with E-state index in [4.69, 9.17) is 4.74 Å². The van der Waals surface area contributed by atoms with Crippen LogP contribution in [0.4, 0.5) is 18.9 Å². The molecule has 30 heavy (non-hydrogen) atoms. The van der Waals surface area contributed by atoms with Crippen molar-refractivity contribution < 1.29 is 22.7 Å². The average molecular weight is 466 g/mol. The van der Waals surface area contributed by atoms with Crippen LogP contribution in [0.15, 0.2) is 42.5 Å². The highest BCUT2D eigenvalue weighted by Crippen LogP contribution is 2.30. The van der Waals surface area contributed by atoms with E-state index in [2.05, 4.69) is 15.6 Å². The lowest BCUT2D eigenvalue weighted by atomic mass is 9.93. The number of halogens is 5. The van der Waals surface area contributed by atoms with E-state index in [1.165, 1.54) is 12.1 Å². The molecule has 1 aromatic heterocycles. The third-order valence-electron chi connectivity index (χ3n) is 4.61. The van der Waals surface area contributed by atoms with E-state index in [0.29, 0.717) is 23.8 Å². The van der Waals surface area contributed by atoms with Crippen molar-refractivity contribution in [3.63, 3.8) is 0 Å². The number of amides is 1. The first-order chi connectivity index (χ1) is 13.4. The fourth-order valence-electron chi connectivity index (χ4n) is 3.09. The molecule has 0 spiro atoms. The zero-order chi connectivity index (χ0) is 20.0. The molecule has 0 bridgehead atoms. The van der Waals surface area contributed by atoms with Crippen molar-refractivity contribution in [2.24, 2.45) is 5.92 Å². The van der Waals surface area contributed by atoms with E-state index < -0.39 is 11.9 Å². The van der Waals surface area contributed by atoms with Crippen LogP contribution < -0.4 is 15.4 Å². The van der Waals surface area contributed by atoms with Gasteiger partial charge in [0.2, 0.25) is 11.8 Å². The van der Waals surface area contributed by atoms with Crippen LogP contribution in [0.3, 0.4) is 0 Å². The molecule has 2 N–H and O–H groups in total. The number of pyridine rings is 1. The van der Waals surface area contributed by atoms with Gasteiger partial charge in [-0.1, -0.05) is 6.07 Å². The molecule has 1 aliphatic rings. The number of carbonyl (C=O) groups is 1. The van der Waals surface area contributed by atoms with E-state index in [1.54, 1.807) is 24.3 Å². The van der Waals surface area contributed by atoms with Gasteiger partial charge in [0.05, 0.1) is 0 Å². The number of hydrogen-bond acceptors (Lipinski definition) is 4. The Bertz CT molecular complexity index is 799. The lowest BCUT2D eigenvalue weighted by Gasteiger charge is -2.22. The van der Waals surface area contributed by atoms with Crippen LogP contribution in [0.5, 0.6) is 11.6 Å². The summed E-state index contributed by atoms with van der Waals surface area (Å²) in [6.45, 7) is 2.02. The molecule has 1 fully saturated rings. The SMILES string of the molecule is Cl.Cl.O=C(CCC1CCNCC1)Nc1ccc(Oc2cccc(C(F)(F)F)n2)cc1. The van der Waals surface area contributed by atoms with Gasteiger partial charge in [-0.2, -0.15) is 13.2 Å². The highest BCUT2D eigenvalue weighted by molar-refractivity contribution is 5.90. The third-order valence-corrected chi connectivity index (χ3v) is 4.61. The maximum absolute atomic E-state index is 12.7. The van der Waals surface area contributed by atoms with Crippen LogP contribution >= 0.6 is 24.8 Å². The van der Waals surface area contributed by atoms with Gasteiger partial charge in [-0.25, -0.2) is 4.98 Å². The van der Waals surface area contributed by atoms with Gasteiger partial charge in [-0.05, 0) is 68.6 Å². The van der Waals surface area contributed by atoms with E-state index in [9.17, 15) is 18.0 Å². The molecule has 166 valence electrons. The van der Waals surface area contributed by atoms with Crippen LogP contribution in [-0.4, -0.2) is 24.0 Å². The molecule has 1 amide bonds. The number of nitrogens with zero attached hydrogens (tertiary/aromatic N) is 1. The van der Waals surface area contributed by atoms with Crippen molar-refractivity contribution in [3.05, 3.63) is 48.2 Å². The van der Waals surface area contributed by atoms with Crippen LogP contribution in [0.2, 0.25) is 0 Å². The second-order valence-corrected chi connectivity index (χ2v) is 6.77. The number of benzene rings is 1. The Balaban J connectivity index is 0.00000225. The average Bonchev–Trinajstić information content (AvgIpc) is 2.68. The molecule has 1 saturated heterocycles. The molecule has 2 heterocycles. The van der Waals surface area contributed by atoms with Crippen molar-refractivity contribution in [2.75, 3.05) is 18.4 Å². The van der Waals surface area contributed by atoms with E-state index in [0.717, 1.165) is 38.4 Å². The lowest BCUT2D eigenvalue weighted by Crippen LogP contribution is -2.28. The number of alkyl halides is 3. The summed E-state index contributed by atoms with van der Waals surface area (Å²) >= 11 is 0. The van der Waals surface area contributed by atoms with Crippen molar-refractivity contribution >= 4 is 36.4 Å². The number of rotatable bonds is 6. The van der Waals surface area contributed by atoms with Crippen LogP contribution in [0.1, 0.15) is 31.4 Å². The normalized spacial score (nSPS) is 14.2. The van der Waals surface area contributed by atoms with Gasteiger partial charge < -0.3 is 15.4 Å². The van der Waals surface area contributed by atoms with E-state index in [-0.39, 0.29) is 36.6 Å². The maximum Gasteiger partial charge on any atom is 0.433 e. The minimum atomic E-state index is -4.53. The van der Waals surface area contributed by atoms with E-state index in [1.807, 2.05) is 0 Å². The predicted molar refractivity (Wildman–Crippen MR) is 114 cm³/mol. The summed E-state index contributed by atoms with van der Waals surface area (Å²) in [5, 5.41) is 6.13. The Hall–Kier alpha value is -2.03. The Morgan fingerprint density at radius 2 is 1.77 bits per heavy atom. The molecule has 3 rings (SSSR count). The fourth-order valence-corrected chi connectivity index (χ4v) is 3.09. The molecule has 5 nitrogen and oxygen atoms in total. The van der Waals surface area contributed by atoms with Gasteiger partial charge >= 0.3 is 6.18 Å². The summed E-state index contributed by atoms with van der Waals surface area (Å²) in [6.07, 6.45) is -0.986. The minimum absolute atomic E-state index is 0. The van der Waals surface area contributed by atoms with Gasteiger partial charge in [-0.3, -0.25) is 4.79 Å². The first-order valence-electron chi connectivity index (χ1n) is 9.23. The molecule has 0 aliphatic carbocycles. The Morgan fingerprint density at radius 1 is 1.10 bits per heavy atom. The smallest absolute Gasteiger partial charge is 0.433 e. The Kier molecular flexibility index (Phi) is 10.4. The molecule has 10 heteroatoms. The zero-order valence-electron chi connectivity index (χ0n) is 16.1. The van der Waals surface area contributed by atoms with Gasteiger partial charge in [0.1, 0.15) is 11.4 Å². The first kappa shape index (κ1) is 26.0. The van der Waals surface area contributed by atoms with Crippen LogP contribution in [0.25, 0.3) is 0 Å². The highest BCUT2D eigenvalue weighted by atomic mass is 35.5. The monoisotopic (exact) mass is 465 g/mol. The molecule has 0 unspecified atom stereocenters. The molecule has 0 atom stereocenters. The number of carbonyl (C=O) groups excluding carboxylic acids is 1. The van der Waals surface area contributed by atoms with Gasteiger partial charge in [0.25, 0.3) is 0 Å².